The molecular formula is C18H17ClN4O5. The van der Waals surface area contributed by atoms with Gasteiger partial charge in [-0.2, -0.15) is 0 Å². The number of hydrogen-bond donors (Lipinski definition) is 0. The molecule has 2 aliphatic rings. The molecule has 1 aromatic heterocycles. The van der Waals surface area contributed by atoms with E-state index in [1.165, 1.54) is 6.33 Å². The van der Waals surface area contributed by atoms with Crippen LogP contribution in [0.5, 0.6) is 11.5 Å². The minimum Gasteiger partial charge on any atom is -0.497 e. The fourth-order valence-electron chi connectivity index (χ4n) is 3.74. The number of methoxy groups -OCH3 is 1. The third-order valence-electron chi connectivity index (χ3n) is 5.21. The van der Waals surface area contributed by atoms with E-state index >= 15 is 0 Å². The van der Waals surface area contributed by atoms with Gasteiger partial charge in [-0.1, -0.05) is 11.6 Å². The molecule has 0 unspecified atom stereocenters. The van der Waals surface area contributed by atoms with Gasteiger partial charge in [-0.15, -0.1) is 0 Å². The van der Waals surface area contributed by atoms with Gasteiger partial charge in [0, 0.05) is 32.0 Å². The van der Waals surface area contributed by atoms with Gasteiger partial charge in [0.25, 0.3) is 0 Å². The molecule has 0 amide bonds. The van der Waals surface area contributed by atoms with Crippen LogP contribution in [0.1, 0.15) is 29.6 Å². The summed E-state index contributed by atoms with van der Waals surface area (Å²) in [5, 5.41) is 11.2. The zero-order valence-corrected chi connectivity index (χ0v) is 15.8. The number of Topliss-reactive ketones (excluding diaryl/α,β-unsaturated/α-hetero) is 1. The van der Waals surface area contributed by atoms with Crippen molar-refractivity contribution in [3.05, 3.63) is 45.4 Å². The monoisotopic (exact) mass is 404 g/mol. The summed E-state index contributed by atoms with van der Waals surface area (Å²) in [6.07, 6.45) is 2.52. The van der Waals surface area contributed by atoms with E-state index < -0.39 is 10.5 Å². The van der Waals surface area contributed by atoms with E-state index in [9.17, 15) is 14.9 Å². The van der Waals surface area contributed by atoms with Crippen LogP contribution in [-0.2, 0) is 0 Å². The summed E-state index contributed by atoms with van der Waals surface area (Å²) in [6.45, 7) is 0.890. The number of carbonyl (C=O) groups is 1. The van der Waals surface area contributed by atoms with Gasteiger partial charge in [-0.05, 0) is 12.1 Å². The number of hydrogen-bond acceptors (Lipinski definition) is 8. The lowest BCUT2D eigenvalue weighted by molar-refractivity contribution is -0.384. The Balaban J connectivity index is 1.57. The average Bonchev–Trinajstić information content (AvgIpc) is 2.67. The maximum Gasteiger partial charge on any atom is 0.348 e. The molecule has 2 aliphatic heterocycles. The summed E-state index contributed by atoms with van der Waals surface area (Å²) in [4.78, 5) is 32.9. The van der Waals surface area contributed by atoms with Crippen molar-refractivity contribution in [2.24, 2.45) is 0 Å². The lowest BCUT2D eigenvalue weighted by Crippen LogP contribution is -2.51. The Morgan fingerprint density at radius 2 is 2.07 bits per heavy atom. The van der Waals surface area contributed by atoms with Crippen LogP contribution in [-0.4, -0.2) is 46.5 Å². The number of rotatable bonds is 3. The van der Waals surface area contributed by atoms with Gasteiger partial charge in [0.1, 0.15) is 23.4 Å². The first-order valence-corrected chi connectivity index (χ1v) is 9.10. The summed E-state index contributed by atoms with van der Waals surface area (Å²) >= 11 is 5.89. The van der Waals surface area contributed by atoms with Crippen LogP contribution in [0.25, 0.3) is 0 Å². The molecule has 1 saturated heterocycles. The molecular weight excluding hydrogens is 388 g/mol. The minimum absolute atomic E-state index is 0.0217. The molecule has 1 fully saturated rings. The summed E-state index contributed by atoms with van der Waals surface area (Å²) in [7, 11) is 1.56. The number of nitro groups is 1. The van der Waals surface area contributed by atoms with Crippen LogP contribution in [0.15, 0.2) is 24.5 Å². The molecule has 0 bridgehead atoms. The van der Waals surface area contributed by atoms with Crippen molar-refractivity contribution < 1.29 is 19.2 Å². The van der Waals surface area contributed by atoms with Crippen LogP contribution in [0.2, 0.25) is 5.15 Å². The number of benzene rings is 1. The Bertz CT molecular complexity index is 959. The summed E-state index contributed by atoms with van der Waals surface area (Å²) in [5.74, 6) is 1.34. The first-order chi connectivity index (χ1) is 13.4. The second-order valence-corrected chi connectivity index (χ2v) is 7.19. The lowest BCUT2D eigenvalue weighted by Gasteiger charge is -2.44. The number of ketones is 1. The zero-order valence-electron chi connectivity index (χ0n) is 15.1. The van der Waals surface area contributed by atoms with Crippen LogP contribution in [0.3, 0.4) is 0 Å². The van der Waals surface area contributed by atoms with Crippen molar-refractivity contribution >= 4 is 28.9 Å². The normalized spacial score (nSPS) is 17.8. The Morgan fingerprint density at radius 3 is 2.75 bits per heavy atom. The smallest absolute Gasteiger partial charge is 0.348 e. The highest BCUT2D eigenvalue weighted by Crippen LogP contribution is 2.42. The predicted molar refractivity (Wildman–Crippen MR) is 100 cm³/mol. The maximum absolute atomic E-state index is 12.6. The molecule has 4 rings (SSSR count). The van der Waals surface area contributed by atoms with Gasteiger partial charge >= 0.3 is 5.69 Å². The average molecular weight is 405 g/mol. The van der Waals surface area contributed by atoms with Gasteiger partial charge < -0.3 is 14.4 Å². The molecule has 0 saturated carbocycles. The highest BCUT2D eigenvalue weighted by Gasteiger charge is 2.44. The van der Waals surface area contributed by atoms with Crippen molar-refractivity contribution in [1.82, 2.24) is 9.97 Å². The maximum atomic E-state index is 12.6. The van der Waals surface area contributed by atoms with E-state index in [0.29, 0.717) is 43.0 Å². The second-order valence-electron chi connectivity index (χ2n) is 6.83. The van der Waals surface area contributed by atoms with E-state index in [1.54, 1.807) is 30.2 Å². The first kappa shape index (κ1) is 18.4. The van der Waals surface area contributed by atoms with E-state index in [2.05, 4.69) is 9.97 Å². The summed E-state index contributed by atoms with van der Waals surface area (Å²) in [5.41, 5.74) is -0.402. The largest absolute Gasteiger partial charge is 0.497 e. The van der Waals surface area contributed by atoms with Crippen molar-refractivity contribution in [3.63, 3.8) is 0 Å². The van der Waals surface area contributed by atoms with Gasteiger partial charge in [-0.3, -0.25) is 14.9 Å². The number of fused-ring (bicyclic) bond motifs is 1. The Labute approximate surface area is 165 Å². The van der Waals surface area contributed by atoms with Crippen LogP contribution < -0.4 is 14.4 Å². The fourth-order valence-corrected chi connectivity index (χ4v) is 3.94. The summed E-state index contributed by atoms with van der Waals surface area (Å²) < 4.78 is 11.5. The van der Waals surface area contributed by atoms with E-state index in [4.69, 9.17) is 21.1 Å². The molecule has 3 heterocycles. The summed E-state index contributed by atoms with van der Waals surface area (Å²) in [6, 6.07) is 5.17. The molecule has 10 heteroatoms. The van der Waals surface area contributed by atoms with Crippen LogP contribution in [0.4, 0.5) is 11.5 Å². The van der Waals surface area contributed by atoms with Crippen molar-refractivity contribution in [2.75, 3.05) is 25.1 Å². The molecule has 28 heavy (non-hydrogen) atoms. The predicted octanol–water partition coefficient (Wildman–Crippen LogP) is 3.05. The van der Waals surface area contributed by atoms with Crippen molar-refractivity contribution in [2.45, 2.75) is 24.9 Å². The number of halogens is 1. The second kappa shape index (κ2) is 6.90. The zero-order chi connectivity index (χ0) is 19.9. The van der Waals surface area contributed by atoms with E-state index in [1.807, 2.05) is 0 Å². The van der Waals surface area contributed by atoms with Gasteiger partial charge in [-0.25, -0.2) is 9.97 Å². The molecule has 146 valence electrons. The standard InChI is InChI=1S/C18H17ClN4O5/c1-27-11-2-3-12-13(24)9-18(28-14(12)8-11)4-6-22(7-5-18)17-15(23(25)26)16(19)20-10-21-17/h2-3,8,10H,4-7,9H2,1H3. The Morgan fingerprint density at radius 1 is 1.32 bits per heavy atom. The molecule has 9 nitrogen and oxygen atoms in total. The number of piperidine rings is 1. The van der Waals surface area contributed by atoms with Crippen molar-refractivity contribution in [1.29, 1.82) is 0 Å². The lowest BCUT2D eigenvalue weighted by atomic mass is 9.82. The molecule has 2 aromatic rings. The first-order valence-electron chi connectivity index (χ1n) is 8.72. The molecule has 0 aliphatic carbocycles. The molecule has 0 atom stereocenters. The number of ether oxygens (including phenoxy) is 2. The molecule has 0 radical (unpaired) electrons. The van der Waals surface area contributed by atoms with Crippen molar-refractivity contribution in [3.8, 4) is 11.5 Å². The SMILES string of the molecule is COc1ccc2c(c1)OC1(CCN(c3ncnc(Cl)c3[N+](=O)[O-])CC1)CC2=O. The number of anilines is 1. The molecule has 0 N–H and O–H groups in total. The minimum atomic E-state index is -0.640. The van der Waals surface area contributed by atoms with Gasteiger partial charge in [0.15, 0.2) is 5.78 Å². The molecule has 1 spiro atoms. The van der Waals surface area contributed by atoms with E-state index in [-0.39, 0.29) is 28.9 Å². The molecule has 1 aromatic carbocycles. The third kappa shape index (κ3) is 3.11. The number of carbonyl (C=O) groups excluding carboxylic acids is 1. The quantitative estimate of drug-likeness (QED) is 0.436. The third-order valence-corrected chi connectivity index (χ3v) is 5.49. The van der Waals surface area contributed by atoms with Gasteiger partial charge in [0.2, 0.25) is 11.0 Å². The number of nitrogens with zero attached hydrogens (tertiary/aromatic N) is 4. The van der Waals surface area contributed by atoms with Crippen LogP contribution in [0, 0.1) is 10.1 Å². The van der Waals surface area contributed by atoms with Gasteiger partial charge in [0.05, 0.1) is 24.0 Å². The Hall–Kier alpha value is -2.94. The highest BCUT2D eigenvalue weighted by molar-refractivity contribution is 6.31. The number of aromatic nitrogens is 2. The Kier molecular flexibility index (Phi) is 4.54. The highest BCUT2D eigenvalue weighted by atomic mass is 35.5. The topological polar surface area (TPSA) is 108 Å². The van der Waals surface area contributed by atoms with E-state index in [0.717, 1.165) is 0 Å². The fraction of sp³-hybridized carbons (Fsp3) is 0.389. The van der Waals surface area contributed by atoms with Crippen LogP contribution >= 0.6 is 11.6 Å².